The Hall–Kier alpha value is -1.86. The van der Waals surface area contributed by atoms with Crippen LogP contribution in [0.5, 0.6) is 0 Å². The molecule has 2 N–H and O–H groups in total. The Morgan fingerprint density at radius 1 is 1.50 bits per heavy atom. The number of dihydropyridines is 1. The summed E-state index contributed by atoms with van der Waals surface area (Å²) in [4.78, 5) is 18.0. The van der Waals surface area contributed by atoms with Gasteiger partial charge in [0.1, 0.15) is 11.0 Å². The maximum absolute atomic E-state index is 12.6. The fraction of sp³-hybridized carbons (Fsp3) is 0.471. The van der Waals surface area contributed by atoms with Gasteiger partial charge in [-0.25, -0.2) is 4.99 Å². The van der Waals surface area contributed by atoms with Gasteiger partial charge in [0.05, 0.1) is 23.4 Å². The van der Waals surface area contributed by atoms with Crippen molar-refractivity contribution in [1.82, 2.24) is 15.5 Å². The van der Waals surface area contributed by atoms with Crippen molar-refractivity contribution >= 4 is 28.3 Å². The average molecular weight is 344 g/mol. The average Bonchev–Trinajstić information content (AvgIpc) is 3.14. The number of aliphatic imine (C=N–C) groups is 1. The normalized spacial score (nSPS) is 23.4. The summed E-state index contributed by atoms with van der Waals surface area (Å²) in [5.74, 6) is 0.769. The Balaban J connectivity index is 1.79. The molecule has 24 heavy (non-hydrogen) atoms. The Morgan fingerprint density at radius 2 is 2.38 bits per heavy atom. The van der Waals surface area contributed by atoms with Gasteiger partial charge in [-0.1, -0.05) is 13.8 Å². The molecule has 4 rings (SSSR count). The third kappa shape index (κ3) is 2.61. The molecule has 7 heteroatoms. The molecule has 3 aliphatic heterocycles. The topological polar surface area (TPSA) is 79.4 Å². The van der Waals surface area contributed by atoms with E-state index in [9.17, 15) is 4.79 Å². The molecule has 1 atom stereocenters. The van der Waals surface area contributed by atoms with E-state index < -0.39 is 0 Å². The standard InChI is InChI=1S/C17H20N4O2S/c1-9(2)18-8-12-11-4-3-5-23-14-13(11)16(17(22)21-12)24-15(14)10-6-19-20-7-10/h6-7,9,16,18H,3-5,8H2,1-2H3,(H,19,20). The van der Waals surface area contributed by atoms with E-state index in [1.54, 1.807) is 6.20 Å². The summed E-state index contributed by atoms with van der Waals surface area (Å²) in [6.07, 6.45) is 5.45. The van der Waals surface area contributed by atoms with Crippen molar-refractivity contribution in [2.75, 3.05) is 13.2 Å². The second kappa shape index (κ2) is 6.22. The quantitative estimate of drug-likeness (QED) is 0.876. The molecule has 1 aromatic heterocycles. The lowest BCUT2D eigenvalue weighted by Crippen LogP contribution is -2.35. The predicted octanol–water partition coefficient (Wildman–Crippen LogP) is 2.28. The first kappa shape index (κ1) is 15.7. The minimum atomic E-state index is -0.277. The van der Waals surface area contributed by atoms with Gasteiger partial charge < -0.3 is 10.1 Å². The monoisotopic (exact) mass is 344 g/mol. The van der Waals surface area contributed by atoms with Gasteiger partial charge in [0, 0.05) is 29.9 Å². The maximum Gasteiger partial charge on any atom is 0.264 e. The molecule has 0 radical (unpaired) electrons. The number of carbonyl (C=O) groups is 1. The number of thioether (sulfide) groups is 1. The van der Waals surface area contributed by atoms with Crippen molar-refractivity contribution in [2.45, 2.75) is 38.0 Å². The molecule has 6 nitrogen and oxygen atoms in total. The van der Waals surface area contributed by atoms with Crippen LogP contribution in [0.1, 0.15) is 32.3 Å². The highest BCUT2D eigenvalue weighted by atomic mass is 32.2. The van der Waals surface area contributed by atoms with Gasteiger partial charge in [-0.05, 0) is 18.4 Å². The molecule has 1 amide bonds. The molecule has 1 unspecified atom stereocenters. The van der Waals surface area contributed by atoms with E-state index in [0.29, 0.717) is 19.2 Å². The Labute approximate surface area is 144 Å². The van der Waals surface area contributed by atoms with Crippen molar-refractivity contribution < 1.29 is 9.53 Å². The van der Waals surface area contributed by atoms with Gasteiger partial charge in [0.15, 0.2) is 0 Å². The van der Waals surface area contributed by atoms with Gasteiger partial charge in [-0.2, -0.15) is 5.10 Å². The number of allylic oxidation sites excluding steroid dienone is 1. The number of aromatic nitrogens is 2. The highest BCUT2D eigenvalue weighted by molar-refractivity contribution is 8.10. The molecule has 126 valence electrons. The van der Waals surface area contributed by atoms with Crippen LogP contribution in [0.4, 0.5) is 0 Å². The third-order valence-corrected chi connectivity index (χ3v) is 5.68. The fourth-order valence-corrected chi connectivity index (χ4v) is 4.50. The lowest BCUT2D eigenvalue weighted by Gasteiger charge is -2.22. The molecule has 0 fully saturated rings. The van der Waals surface area contributed by atoms with Crippen LogP contribution in [-0.2, 0) is 9.53 Å². The number of H-pyrrole nitrogens is 1. The number of amides is 1. The fourth-order valence-electron chi connectivity index (χ4n) is 3.22. The highest BCUT2D eigenvalue weighted by Crippen LogP contribution is 2.51. The third-order valence-electron chi connectivity index (χ3n) is 4.35. The Bertz CT molecular complexity index is 762. The summed E-state index contributed by atoms with van der Waals surface area (Å²) < 4.78 is 6.05. The second-order valence-corrected chi connectivity index (χ2v) is 7.54. The maximum atomic E-state index is 12.6. The Morgan fingerprint density at radius 3 is 3.12 bits per heavy atom. The number of nitrogens with zero attached hydrogens (tertiary/aromatic N) is 2. The van der Waals surface area contributed by atoms with E-state index >= 15 is 0 Å². The van der Waals surface area contributed by atoms with Gasteiger partial charge in [-0.3, -0.25) is 9.89 Å². The van der Waals surface area contributed by atoms with Crippen LogP contribution in [0.15, 0.2) is 34.3 Å². The zero-order valence-electron chi connectivity index (χ0n) is 13.8. The molecular formula is C17H20N4O2S. The largest absolute Gasteiger partial charge is 0.492 e. The van der Waals surface area contributed by atoms with Crippen molar-refractivity contribution in [3.05, 3.63) is 34.9 Å². The van der Waals surface area contributed by atoms with Crippen LogP contribution in [0.3, 0.4) is 0 Å². The number of hydrogen-bond acceptors (Lipinski definition) is 5. The summed E-state index contributed by atoms with van der Waals surface area (Å²) in [5.41, 5.74) is 4.06. The number of aromatic amines is 1. The first-order chi connectivity index (χ1) is 11.6. The Kier molecular flexibility index (Phi) is 4.05. The van der Waals surface area contributed by atoms with E-state index in [4.69, 9.17) is 4.74 Å². The molecule has 0 spiro atoms. The molecule has 3 aliphatic rings. The van der Waals surface area contributed by atoms with E-state index in [0.717, 1.165) is 40.4 Å². The number of nitrogens with one attached hydrogen (secondary N) is 2. The predicted molar refractivity (Wildman–Crippen MR) is 94.7 cm³/mol. The lowest BCUT2D eigenvalue weighted by atomic mass is 9.92. The number of hydrogen-bond donors (Lipinski definition) is 2. The van der Waals surface area contributed by atoms with Crippen molar-refractivity contribution in [1.29, 1.82) is 0 Å². The zero-order chi connectivity index (χ0) is 16.7. The molecular weight excluding hydrogens is 324 g/mol. The van der Waals surface area contributed by atoms with Crippen LogP contribution >= 0.6 is 11.8 Å². The zero-order valence-corrected chi connectivity index (χ0v) is 14.6. The van der Waals surface area contributed by atoms with Crippen LogP contribution in [0, 0.1) is 0 Å². The molecule has 0 aromatic carbocycles. The van der Waals surface area contributed by atoms with Crippen molar-refractivity contribution in [3.63, 3.8) is 0 Å². The van der Waals surface area contributed by atoms with Crippen LogP contribution in [-0.4, -0.2) is 46.3 Å². The summed E-state index contributed by atoms with van der Waals surface area (Å²) in [6, 6.07) is 0.350. The van der Waals surface area contributed by atoms with E-state index in [1.807, 2.05) is 6.20 Å². The van der Waals surface area contributed by atoms with Crippen LogP contribution < -0.4 is 5.32 Å². The summed E-state index contributed by atoms with van der Waals surface area (Å²) >= 11 is 1.53. The molecule has 0 bridgehead atoms. The van der Waals surface area contributed by atoms with Crippen molar-refractivity contribution in [3.8, 4) is 0 Å². The van der Waals surface area contributed by atoms with Crippen LogP contribution in [0.25, 0.3) is 4.91 Å². The van der Waals surface area contributed by atoms with Gasteiger partial charge in [0.25, 0.3) is 5.91 Å². The molecule has 0 saturated carbocycles. The number of rotatable bonds is 4. The summed E-state index contributed by atoms with van der Waals surface area (Å²) in [5, 5.41) is 9.97. The molecule has 0 saturated heterocycles. The van der Waals surface area contributed by atoms with Crippen molar-refractivity contribution in [2.24, 2.45) is 4.99 Å². The molecule has 0 aliphatic carbocycles. The molecule has 1 aromatic rings. The van der Waals surface area contributed by atoms with Gasteiger partial charge >= 0.3 is 0 Å². The minimum absolute atomic E-state index is 0.0826. The smallest absolute Gasteiger partial charge is 0.264 e. The number of carbonyl (C=O) groups excluding carboxylic acids is 1. The van der Waals surface area contributed by atoms with E-state index in [1.165, 1.54) is 17.3 Å². The minimum Gasteiger partial charge on any atom is -0.492 e. The SMILES string of the molecule is CC(C)NCC1=NC(=O)C2SC(c3cn[nH]c3)=C3OCCCC1=C32. The first-order valence-corrected chi connectivity index (χ1v) is 9.14. The molecule has 4 heterocycles. The summed E-state index contributed by atoms with van der Waals surface area (Å²) in [7, 11) is 0. The van der Waals surface area contributed by atoms with Gasteiger partial charge in [-0.15, -0.1) is 11.8 Å². The van der Waals surface area contributed by atoms with Gasteiger partial charge in [0.2, 0.25) is 0 Å². The lowest BCUT2D eigenvalue weighted by molar-refractivity contribution is -0.116. The van der Waals surface area contributed by atoms with E-state index in [2.05, 4.69) is 34.4 Å². The van der Waals surface area contributed by atoms with E-state index in [-0.39, 0.29) is 11.2 Å². The summed E-state index contributed by atoms with van der Waals surface area (Å²) in [6.45, 7) is 5.47. The first-order valence-electron chi connectivity index (χ1n) is 8.26. The van der Waals surface area contributed by atoms with Crippen LogP contribution in [0.2, 0.25) is 0 Å². The number of ether oxygens (including phenoxy) is 1. The second-order valence-electron chi connectivity index (χ2n) is 6.42. The highest BCUT2D eigenvalue weighted by Gasteiger charge is 2.43.